The van der Waals surface area contributed by atoms with Crippen molar-refractivity contribution >= 4 is 17.5 Å². The molecule has 0 unspecified atom stereocenters. The summed E-state index contributed by atoms with van der Waals surface area (Å²) in [5, 5.41) is 9.01. The first-order valence-electron chi connectivity index (χ1n) is 8.44. The van der Waals surface area contributed by atoms with Crippen LogP contribution in [0.3, 0.4) is 0 Å². The fraction of sp³-hybridized carbons (Fsp3) is 0.250. The molecule has 27 heavy (non-hydrogen) atoms. The Morgan fingerprint density at radius 1 is 1.11 bits per heavy atom. The summed E-state index contributed by atoms with van der Waals surface area (Å²) in [6.45, 7) is 2.34. The van der Waals surface area contributed by atoms with Crippen molar-refractivity contribution in [3.8, 4) is 11.5 Å². The fourth-order valence-corrected chi connectivity index (χ4v) is 3.26. The van der Waals surface area contributed by atoms with Gasteiger partial charge < -0.3 is 14.0 Å². The van der Waals surface area contributed by atoms with Gasteiger partial charge in [0.15, 0.2) is 16.8 Å². The first kappa shape index (κ1) is 19.0. The molecular formula is C20H21N3O3S. The molecule has 0 atom stereocenters. The van der Waals surface area contributed by atoms with Gasteiger partial charge in [-0.3, -0.25) is 4.79 Å². The van der Waals surface area contributed by atoms with E-state index in [1.54, 1.807) is 31.4 Å². The predicted molar refractivity (Wildman–Crippen MR) is 105 cm³/mol. The van der Waals surface area contributed by atoms with Crippen molar-refractivity contribution in [2.45, 2.75) is 18.7 Å². The molecule has 140 valence electrons. The predicted octanol–water partition coefficient (Wildman–Crippen LogP) is 3.69. The van der Waals surface area contributed by atoms with E-state index in [0.29, 0.717) is 23.2 Å². The molecule has 1 aromatic heterocycles. The van der Waals surface area contributed by atoms with Gasteiger partial charge in [0.2, 0.25) is 0 Å². The van der Waals surface area contributed by atoms with Gasteiger partial charge >= 0.3 is 0 Å². The molecule has 7 heteroatoms. The number of methoxy groups -OCH3 is 1. The van der Waals surface area contributed by atoms with Crippen LogP contribution in [0.2, 0.25) is 0 Å². The topological polar surface area (TPSA) is 66.2 Å². The molecule has 0 saturated heterocycles. The van der Waals surface area contributed by atoms with Crippen molar-refractivity contribution in [3.63, 3.8) is 0 Å². The number of carbonyl (C=O) groups excluding carboxylic acids is 1. The second-order valence-corrected chi connectivity index (χ2v) is 6.95. The van der Waals surface area contributed by atoms with Crippen molar-refractivity contribution in [2.75, 3.05) is 12.9 Å². The van der Waals surface area contributed by atoms with E-state index in [9.17, 15) is 4.79 Å². The van der Waals surface area contributed by atoms with Crippen LogP contribution in [0.1, 0.15) is 21.7 Å². The van der Waals surface area contributed by atoms with Crippen LogP contribution in [-0.2, 0) is 13.7 Å². The molecule has 0 amide bonds. The minimum atomic E-state index is 0.0308. The quantitative estimate of drug-likeness (QED) is 0.437. The molecule has 3 rings (SSSR count). The molecule has 0 saturated carbocycles. The summed E-state index contributed by atoms with van der Waals surface area (Å²) in [5.74, 6) is 2.54. The van der Waals surface area contributed by atoms with E-state index >= 15 is 0 Å². The van der Waals surface area contributed by atoms with Crippen molar-refractivity contribution in [1.29, 1.82) is 0 Å². The van der Waals surface area contributed by atoms with Crippen LogP contribution < -0.4 is 9.47 Å². The Labute approximate surface area is 162 Å². The second kappa shape index (κ2) is 8.73. The third-order valence-corrected chi connectivity index (χ3v) is 5.05. The standard InChI is InChI=1S/C20H21N3O3S/c1-14-5-4-6-17(11-14)26-12-19-21-22-20(23(19)2)27-13-18(24)15-7-9-16(25-3)10-8-15/h4-11H,12-13H2,1-3H3. The lowest BCUT2D eigenvalue weighted by atomic mass is 10.1. The zero-order valence-corrected chi connectivity index (χ0v) is 16.3. The molecule has 1 heterocycles. The first-order chi connectivity index (χ1) is 13.1. The Balaban J connectivity index is 1.57. The Hall–Kier alpha value is -2.80. The number of Topliss-reactive ketones (excluding diaryl/α,β-unsaturated/α-hetero) is 1. The minimum absolute atomic E-state index is 0.0308. The third kappa shape index (κ3) is 4.89. The molecule has 0 aliphatic rings. The van der Waals surface area contributed by atoms with Crippen LogP contribution in [0.5, 0.6) is 11.5 Å². The highest BCUT2D eigenvalue weighted by atomic mass is 32.2. The summed E-state index contributed by atoms with van der Waals surface area (Å²) in [4.78, 5) is 12.3. The van der Waals surface area contributed by atoms with E-state index in [4.69, 9.17) is 9.47 Å². The number of hydrogen-bond acceptors (Lipinski definition) is 6. The lowest BCUT2D eigenvalue weighted by molar-refractivity contribution is 0.102. The average molecular weight is 383 g/mol. The summed E-state index contributed by atoms with van der Waals surface area (Å²) in [5.41, 5.74) is 1.78. The maximum atomic E-state index is 12.3. The molecule has 0 aliphatic heterocycles. The summed E-state index contributed by atoms with van der Waals surface area (Å²) in [6, 6.07) is 14.9. The summed E-state index contributed by atoms with van der Waals surface area (Å²) in [7, 11) is 3.47. The molecule has 2 aromatic carbocycles. The van der Waals surface area contributed by atoms with E-state index < -0.39 is 0 Å². The van der Waals surface area contributed by atoms with E-state index in [2.05, 4.69) is 10.2 Å². The molecular weight excluding hydrogens is 362 g/mol. The van der Waals surface area contributed by atoms with Crippen molar-refractivity contribution in [2.24, 2.45) is 7.05 Å². The fourth-order valence-electron chi connectivity index (χ4n) is 2.44. The smallest absolute Gasteiger partial charge is 0.191 e. The van der Waals surface area contributed by atoms with E-state index in [0.717, 1.165) is 17.1 Å². The third-order valence-electron chi connectivity index (χ3n) is 4.03. The van der Waals surface area contributed by atoms with Crippen LogP contribution in [0.25, 0.3) is 0 Å². The summed E-state index contributed by atoms with van der Waals surface area (Å²) in [6.07, 6.45) is 0. The maximum Gasteiger partial charge on any atom is 0.191 e. The number of ketones is 1. The maximum absolute atomic E-state index is 12.3. The van der Waals surface area contributed by atoms with Crippen LogP contribution >= 0.6 is 11.8 Å². The molecule has 0 N–H and O–H groups in total. The van der Waals surface area contributed by atoms with Gasteiger partial charge in [0.1, 0.15) is 18.1 Å². The Bertz CT molecular complexity index is 922. The molecule has 6 nitrogen and oxygen atoms in total. The van der Waals surface area contributed by atoms with Crippen LogP contribution in [-0.4, -0.2) is 33.4 Å². The van der Waals surface area contributed by atoms with Gasteiger partial charge in [-0.25, -0.2) is 0 Å². The van der Waals surface area contributed by atoms with Gasteiger partial charge in [0, 0.05) is 12.6 Å². The monoisotopic (exact) mass is 383 g/mol. The molecule has 0 aliphatic carbocycles. The summed E-state index contributed by atoms with van der Waals surface area (Å²) >= 11 is 1.36. The molecule has 0 radical (unpaired) electrons. The number of rotatable bonds is 8. The van der Waals surface area contributed by atoms with E-state index in [1.807, 2.05) is 42.8 Å². The number of aromatic nitrogens is 3. The number of carbonyl (C=O) groups is 1. The lowest BCUT2D eigenvalue weighted by Gasteiger charge is -2.07. The molecule has 0 bridgehead atoms. The number of nitrogens with zero attached hydrogens (tertiary/aromatic N) is 3. The minimum Gasteiger partial charge on any atom is -0.497 e. The SMILES string of the molecule is COc1ccc(C(=O)CSc2nnc(COc3cccc(C)c3)n2C)cc1. The van der Waals surface area contributed by atoms with Crippen molar-refractivity contribution in [1.82, 2.24) is 14.8 Å². The number of hydrogen-bond donors (Lipinski definition) is 0. The second-order valence-electron chi connectivity index (χ2n) is 6.00. The molecule has 3 aromatic rings. The molecule has 0 fully saturated rings. The normalized spacial score (nSPS) is 10.6. The van der Waals surface area contributed by atoms with Crippen LogP contribution in [0, 0.1) is 6.92 Å². The Morgan fingerprint density at radius 2 is 1.89 bits per heavy atom. The highest BCUT2D eigenvalue weighted by Crippen LogP contribution is 2.20. The Kier molecular flexibility index (Phi) is 6.13. The van der Waals surface area contributed by atoms with Crippen LogP contribution in [0.4, 0.5) is 0 Å². The molecule has 0 spiro atoms. The van der Waals surface area contributed by atoms with Gasteiger partial charge in [-0.15, -0.1) is 10.2 Å². The highest BCUT2D eigenvalue weighted by Gasteiger charge is 2.13. The van der Waals surface area contributed by atoms with Crippen LogP contribution in [0.15, 0.2) is 53.7 Å². The van der Waals surface area contributed by atoms with Gasteiger partial charge in [-0.1, -0.05) is 23.9 Å². The van der Waals surface area contributed by atoms with Gasteiger partial charge in [0.25, 0.3) is 0 Å². The Morgan fingerprint density at radius 3 is 2.59 bits per heavy atom. The van der Waals surface area contributed by atoms with E-state index in [-0.39, 0.29) is 11.5 Å². The number of benzene rings is 2. The van der Waals surface area contributed by atoms with Crippen molar-refractivity contribution < 1.29 is 14.3 Å². The zero-order valence-electron chi connectivity index (χ0n) is 15.5. The highest BCUT2D eigenvalue weighted by molar-refractivity contribution is 7.99. The number of aryl methyl sites for hydroxylation is 1. The average Bonchev–Trinajstić information content (AvgIpc) is 3.04. The first-order valence-corrected chi connectivity index (χ1v) is 9.43. The van der Waals surface area contributed by atoms with Crippen molar-refractivity contribution in [3.05, 3.63) is 65.5 Å². The van der Waals surface area contributed by atoms with Gasteiger partial charge in [-0.05, 0) is 48.9 Å². The van der Waals surface area contributed by atoms with E-state index in [1.165, 1.54) is 11.8 Å². The zero-order chi connectivity index (χ0) is 19.2. The summed E-state index contributed by atoms with van der Waals surface area (Å²) < 4.78 is 12.7. The lowest BCUT2D eigenvalue weighted by Crippen LogP contribution is -2.06. The van der Waals surface area contributed by atoms with Gasteiger partial charge in [0.05, 0.1) is 12.9 Å². The van der Waals surface area contributed by atoms with Gasteiger partial charge in [-0.2, -0.15) is 0 Å². The number of thioether (sulfide) groups is 1. The largest absolute Gasteiger partial charge is 0.497 e. The number of ether oxygens (including phenoxy) is 2.